The van der Waals surface area contributed by atoms with Gasteiger partial charge in [0.15, 0.2) is 0 Å². The van der Waals surface area contributed by atoms with Crippen LogP contribution in [0.5, 0.6) is 5.75 Å². The fraction of sp³-hybridized carbons (Fsp3) is 0.125. The van der Waals surface area contributed by atoms with E-state index in [4.69, 9.17) is 14.5 Å². The van der Waals surface area contributed by atoms with Gasteiger partial charge in [0.1, 0.15) is 17.4 Å². The summed E-state index contributed by atoms with van der Waals surface area (Å²) in [5.74, 6) is -0.148. The molecule has 0 amide bonds. The molecule has 0 aliphatic carbocycles. The molecular formula is C8H10O5S. The van der Waals surface area contributed by atoms with E-state index in [1.54, 1.807) is 0 Å². The molecular weight excluding hydrogens is 208 g/mol. The quantitative estimate of drug-likeness (QED) is 0.679. The van der Waals surface area contributed by atoms with Crippen LogP contribution in [-0.2, 0) is 14.9 Å². The fourth-order valence-corrected chi connectivity index (χ4v) is 1.62. The largest absolute Gasteiger partial charge is 0.508 e. The molecule has 78 valence electrons. The summed E-state index contributed by atoms with van der Waals surface area (Å²) in [6.07, 6.45) is 0. The van der Waals surface area contributed by atoms with Crippen molar-refractivity contribution in [2.45, 2.75) is 11.8 Å². The molecule has 0 aliphatic rings. The number of carbonyl (C=O) groups is 1. The second-order valence-corrected chi connectivity index (χ2v) is 3.77. The van der Waals surface area contributed by atoms with E-state index in [1.165, 1.54) is 25.1 Å². The number of benzene rings is 1. The SMILES string of the molecule is C=O.Cc1c(O)cccc1S(=O)(=O)O. The van der Waals surface area contributed by atoms with Crippen molar-refractivity contribution in [3.8, 4) is 5.75 Å². The summed E-state index contributed by atoms with van der Waals surface area (Å²) in [6.45, 7) is 3.42. The first-order chi connectivity index (χ1) is 6.43. The predicted molar refractivity (Wildman–Crippen MR) is 49.8 cm³/mol. The van der Waals surface area contributed by atoms with Crippen molar-refractivity contribution < 1.29 is 22.9 Å². The zero-order chi connectivity index (χ0) is 11.4. The first-order valence-electron chi connectivity index (χ1n) is 3.48. The van der Waals surface area contributed by atoms with Gasteiger partial charge in [-0.15, -0.1) is 0 Å². The Hall–Kier alpha value is -1.40. The summed E-state index contributed by atoms with van der Waals surface area (Å²) in [7, 11) is -4.22. The summed E-state index contributed by atoms with van der Waals surface area (Å²) in [6, 6.07) is 3.93. The van der Waals surface area contributed by atoms with Gasteiger partial charge in [0.2, 0.25) is 0 Å². The summed E-state index contributed by atoms with van der Waals surface area (Å²) < 4.78 is 30.0. The molecule has 14 heavy (non-hydrogen) atoms. The Bertz CT molecular complexity index is 410. The molecule has 0 spiro atoms. The van der Waals surface area contributed by atoms with Crippen LogP contribution in [-0.4, -0.2) is 24.9 Å². The molecule has 0 bridgehead atoms. The van der Waals surface area contributed by atoms with E-state index in [0.29, 0.717) is 0 Å². The predicted octanol–water partition coefficient (Wildman–Crippen LogP) is 0.762. The molecule has 0 saturated heterocycles. The zero-order valence-corrected chi connectivity index (χ0v) is 8.28. The van der Waals surface area contributed by atoms with Crippen molar-refractivity contribution in [1.82, 2.24) is 0 Å². The molecule has 0 aromatic heterocycles. The van der Waals surface area contributed by atoms with Crippen LogP contribution in [0.2, 0.25) is 0 Å². The molecule has 0 fully saturated rings. The van der Waals surface area contributed by atoms with Crippen molar-refractivity contribution in [1.29, 1.82) is 0 Å². The smallest absolute Gasteiger partial charge is 0.294 e. The lowest BCUT2D eigenvalue weighted by Gasteiger charge is -2.02. The molecule has 0 saturated carbocycles. The normalized spacial score (nSPS) is 10.1. The van der Waals surface area contributed by atoms with Gasteiger partial charge in [-0.1, -0.05) is 6.07 Å². The Morgan fingerprint density at radius 1 is 1.29 bits per heavy atom. The number of phenols is 1. The maximum Gasteiger partial charge on any atom is 0.294 e. The van der Waals surface area contributed by atoms with Crippen LogP contribution in [0.4, 0.5) is 0 Å². The van der Waals surface area contributed by atoms with Gasteiger partial charge in [-0.3, -0.25) is 4.55 Å². The molecule has 0 radical (unpaired) electrons. The summed E-state index contributed by atoms with van der Waals surface area (Å²) in [5.41, 5.74) is 0.153. The lowest BCUT2D eigenvalue weighted by atomic mass is 10.2. The van der Waals surface area contributed by atoms with E-state index in [-0.39, 0.29) is 16.2 Å². The highest BCUT2D eigenvalue weighted by molar-refractivity contribution is 7.85. The number of carbonyl (C=O) groups excluding carboxylic acids is 1. The van der Waals surface area contributed by atoms with Crippen molar-refractivity contribution in [2.75, 3.05) is 0 Å². The van der Waals surface area contributed by atoms with Gasteiger partial charge in [-0.25, -0.2) is 0 Å². The molecule has 1 aromatic rings. The standard InChI is InChI=1S/C7H8O4S.CH2O/c1-5-6(8)3-2-4-7(5)12(9,10)11;1-2/h2-4,8H,1H3,(H,9,10,11);1H2. The number of phenolic OH excluding ortho intramolecular Hbond substituents is 1. The van der Waals surface area contributed by atoms with Crippen LogP contribution in [0.15, 0.2) is 23.1 Å². The Morgan fingerprint density at radius 3 is 2.14 bits per heavy atom. The van der Waals surface area contributed by atoms with Gasteiger partial charge in [0.25, 0.3) is 10.1 Å². The number of aromatic hydroxyl groups is 1. The summed E-state index contributed by atoms with van der Waals surface area (Å²) in [4.78, 5) is 7.74. The minimum Gasteiger partial charge on any atom is -0.508 e. The van der Waals surface area contributed by atoms with Crippen LogP contribution < -0.4 is 0 Å². The van der Waals surface area contributed by atoms with E-state index < -0.39 is 10.1 Å². The lowest BCUT2D eigenvalue weighted by Crippen LogP contribution is -2.00. The minimum absolute atomic E-state index is 0.148. The van der Waals surface area contributed by atoms with Gasteiger partial charge >= 0.3 is 0 Å². The van der Waals surface area contributed by atoms with Crippen molar-refractivity contribution in [2.24, 2.45) is 0 Å². The third-order valence-electron chi connectivity index (χ3n) is 1.53. The highest BCUT2D eigenvalue weighted by Crippen LogP contribution is 2.22. The topological polar surface area (TPSA) is 91.7 Å². The number of rotatable bonds is 1. The summed E-state index contributed by atoms with van der Waals surface area (Å²) in [5, 5.41) is 9.09. The zero-order valence-electron chi connectivity index (χ0n) is 7.47. The molecule has 6 heteroatoms. The lowest BCUT2D eigenvalue weighted by molar-refractivity contribution is -0.0979. The van der Waals surface area contributed by atoms with Crippen LogP contribution in [0.1, 0.15) is 5.56 Å². The van der Waals surface area contributed by atoms with Crippen LogP contribution in [0.25, 0.3) is 0 Å². The van der Waals surface area contributed by atoms with Crippen LogP contribution in [0.3, 0.4) is 0 Å². The number of hydrogen-bond acceptors (Lipinski definition) is 4. The van der Waals surface area contributed by atoms with Crippen LogP contribution in [0, 0.1) is 6.92 Å². The first kappa shape index (κ1) is 12.6. The second kappa shape index (κ2) is 4.73. The number of hydrogen-bond donors (Lipinski definition) is 2. The van der Waals surface area contributed by atoms with Crippen molar-refractivity contribution in [3.63, 3.8) is 0 Å². The van der Waals surface area contributed by atoms with E-state index >= 15 is 0 Å². The average Bonchev–Trinajstić information content (AvgIpc) is 2.11. The van der Waals surface area contributed by atoms with Gasteiger partial charge in [0.05, 0.1) is 0 Å². The third kappa shape index (κ3) is 2.82. The molecule has 2 N–H and O–H groups in total. The molecule has 1 rings (SSSR count). The van der Waals surface area contributed by atoms with Gasteiger partial charge in [0, 0.05) is 5.56 Å². The Balaban J connectivity index is 0.000000791. The molecule has 0 aliphatic heterocycles. The Labute approximate surface area is 81.8 Å². The summed E-state index contributed by atoms with van der Waals surface area (Å²) >= 11 is 0. The maximum absolute atomic E-state index is 10.7. The van der Waals surface area contributed by atoms with E-state index in [9.17, 15) is 8.42 Å². The maximum atomic E-state index is 10.7. The Kier molecular flexibility index (Phi) is 4.26. The van der Waals surface area contributed by atoms with Crippen molar-refractivity contribution in [3.05, 3.63) is 23.8 Å². The highest BCUT2D eigenvalue weighted by Gasteiger charge is 2.14. The van der Waals surface area contributed by atoms with E-state index in [1.807, 2.05) is 6.79 Å². The monoisotopic (exact) mass is 218 g/mol. The second-order valence-electron chi connectivity index (χ2n) is 2.38. The third-order valence-corrected chi connectivity index (χ3v) is 2.53. The van der Waals surface area contributed by atoms with Gasteiger partial charge in [-0.2, -0.15) is 8.42 Å². The van der Waals surface area contributed by atoms with Crippen molar-refractivity contribution >= 4 is 16.9 Å². The van der Waals surface area contributed by atoms with E-state index in [2.05, 4.69) is 0 Å². The average molecular weight is 218 g/mol. The Morgan fingerprint density at radius 2 is 1.79 bits per heavy atom. The molecule has 0 unspecified atom stereocenters. The molecule has 1 aromatic carbocycles. The molecule has 0 atom stereocenters. The first-order valence-corrected chi connectivity index (χ1v) is 4.92. The van der Waals surface area contributed by atoms with Crippen LogP contribution >= 0.6 is 0 Å². The van der Waals surface area contributed by atoms with Gasteiger partial charge in [-0.05, 0) is 19.1 Å². The molecule has 0 heterocycles. The van der Waals surface area contributed by atoms with Gasteiger partial charge < -0.3 is 9.90 Å². The molecule has 5 nitrogen and oxygen atoms in total. The highest BCUT2D eigenvalue weighted by atomic mass is 32.2. The fourth-order valence-electron chi connectivity index (χ4n) is 0.882. The van der Waals surface area contributed by atoms with E-state index in [0.717, 1.165) is 0 Å². The minimum atomic E-state index is -4.22.